The molecule has 0 atom stereocenters. The summed E-state index contributed by atoms with van der Waals surface area (Å²) in [6.07, 6.45) is 1.31. The number of nitrogens with one attached hydrogen (secondary N) is 3. The maximum atomic E-state index is 11.3. The largest absolute Gasteiger partial charge is 0.478 e. The predicted octanol–water partition coefficient (Wildman–Crippen LogP) is 1.94. The van der Waals surface area contributed by atoms with Gasteiger partial charge >= 0.3 is 23.9 Å². The van der Waals surface area contributed by atoms with Gasteiger partial charge in [-0.15, -0.1) is 0 Å². The highest BCUT2D eigenvalue weighted by Crippen LogP contribution is 2.20. The fraction of sp³-hybridized carbons (Fsp3) is 0. The Balaban J connectivity index is 1.91. The summed E-state index contributed by atoms with van der Waals surface area (Å²) in [5.41, 5.74) is 6.89. The second-order valence-electron chi connectivity index (χ2n) is 6.45. The average molecular weight is 476 g/mol. The number of halogens is 1. The molecule has 0 spiro atoms. The van der Waals surface area contributed by atoms with Gasteiger partial charge in [0.05, 0.1) is 33.6 Å². The maximum Gasteiger partial charge on any atom is 0.335 e. The van der Waals surface area contributed by atoms with Crippen LogP contribution in [-0.4, -0.2) is 55.4 Å². The van der Waals surface area contributed by atoms with Gasteiger partial charge in [0.15, 0.2) is 0 Å². The molecule has 0 amide bonds. The van der Waals surface area contributed by atoms with E-state index in [1.807, 2.05) is 0 Å². The number of rotatable bonds is 7. The molecule has 7 N–H and O–H groups in total. The summed E-state index contributed by atoms with van der Waals surface area (Å²) in [7, 11) is 0. The molecule has 2 aromatic rings. The number of amidine groups is 1. The van der Waals surface area contributed by atoms with E-state index in [0.717, 1.165) is 29.5 Å². The van der Waals surface area contributed by atoms with E-state index >= 15 is 0 Å². The lowest BCUT2D eigenvalue weighted by Crippen LogP contribution is -2.55. The van der Waals surface area contributed by atoms with Crippen LogP contribution in [0.15, 0.2) is 52.6 Å². The van der Waals surface area contributed by atoms with E-state index in [0.29, 0.717) is 0 Å². The molecule has 13 nitrogen and oxygen atoms in total. The van der Waals surface area contributed by atoms with Crippen molar-refractivity contribution in [3.05, 3.63) is 69.9 Å². The highest BCUT2D eigenvalue weighted by Gasteiger charge is 2.18. The third-order valence-corrected chi connectivity index (χ3v) is 4.23. The lowest BCUT2D eigenvalue weighted by Gasteiger charge is -2.29. The molecule has 0 aliphatic carbocycles. The van der Waals surface area contributed by atoms with Gasteiger partial charge in [0.25, 0.3) is 0 Å². The lowest BCUT2D eigenvalue weighted by atomic mass is 10.1. The summed E-state index contributed by atoms with van der Waals surface area (Å²) in [6.45, 7) is 0. The van der Waals surface area contributed by atoms with E-state index < -0.39 is 23.9 Å². The number of aromatic carboxylic acids is 4. The first-order valence-electron chi connectivity index (χ1n) is 8.81. The number of nitrogens with zero attached hydrogens (tertiary/aromatic N) is 2. The molecule has 0 saturated heterocycles. The van der Waals surface area contributed by atoms with Gasteiger partial charge < -0.3 is 20.4 Å². The Morgan fingerprint density at radius 2 is 1.21 bits per heavy atom. The number of anilines is 1. The van der Waals surface area contributed by atoms with Gasteiger partial charge in [-0.05, 0) is 41.6 Å². The first-order chi connectivity index (χ1) is 15.5. The van der Waals surface area contributed by atoms with Crippen LogP contribution < -0.4 is 16.3 Å². The van der Waals surface area contributed by atoms with E-state index in [1.165, 1.54) is 18.2 Å². The van der Waals surface area contributed by atoms with Crippen molar-refractivity contribution in [3.8, 4) is 0 Å². The minimum absolute atomic E-state index is 0.00148. The van der Waals surface area contributed by atoms with Crippen molar-refractivity contribution in [3.63, 3.8) is 0 Å². The quantitative estimate of drug-likeness (QED) is 0.287. The fourth-order valence-corrected chi connectivity index (χ4v) is 2.86. The van der Waals surface area contributed by atoms with Crippen LogP contribution in [0.5, 0.6) is 0 Å². The van der Waals surface area contributed by atoms with Gasteiger partial charge in [-0.3, -0.25) is 16.3 Å². The molecule has 14 heteroatoms. The number of aliphatic imine (C=N–C) groups is 1. The maximum absolute atomic E-state index is 11.3. The molecular weight excluding hydrogens is 462 g/mol. The summed E-state index contributed by atoms with van der Waals surface area (Å²) < 4.78 is 0. The number of carboxylic acids is 4. The second-order valence-corrected chi connectivity index (χ2v) is 6.86. The number of carbonyl (C=O) groups is 4. The molecule has 0 saturated carbocycles. The van der Waals surface area contributed by atoms with E-state index in [9.17, 15) is 39.6 Å². The first-order valence-corrected chi connectivity index (χ1v) is 9.19. The lowest BCUT2D eigenvalue weighted by molar-refractivity contribution is 0.0676. The molecule has 2 aromatic carbocycles. The highest BCUT2D eigenvalue weighted by atomic mass is 35.5. The minimum Gasteiger partial charge on any atom is -0.478 e. The van der Waals surface area contributed by atoms with Crippen LogP contribution in [0.2, 0.25) is 0 Å². The smallest absolute Gasteiger partial charge is 0.335 e. The van der Waals surface area contributed by atoms with Crippen molar-refractivity contribution in [1.29, 1.82) is 0 Å². The number of hydrogen-bond donors (Lipinski definition) is 7. The zero-order valence-corrected chi connectivity index (χ0v) is 17.0. The number of carboxylic acid groups (broad SMARTS) is 4. The Morgan fingerprint density at radius 1 is 0.758 bits per heavy atom. The van der Waals surface area contributed by atoms with Gasteiger partial charge in [-0.2, -0.15) is 0 Å². The van der Waals surface area contributed by atoms with Gasteiger partial charge in [-0.1, -0.05) is 11.6 Å². The van der Waals surface area contributed by atoms with Crippen LogP contribution in [0.25, 0.3) is 0 Å². The Kier molecular flexibility index (Phi) is 6.46. The molecule has 0 aromatic heterocycles. The zero-order valence-electron chi connectivity index (χ0n) is 16.2. The normalized spacial score (nSPS) is 14.6. The van der Waals surface area contributed by atoms with Crippen molar-refractivity contribution < 1.29 is 39.6 Å². The van der Waals surface area contributed by atoms with E-state index in [4.69, 9.17) is 11.6 Å². The summed E-state index contributed by atoms with van der Waals surface area (Å²) in [5, 5.41) is 37.8. The van der Waals surface area contributed by atoms with Crippen LogP contribution in [0.4, 0.5) is 11.4 Å². The van der Waals surface area contributed by atoms with Gasteiger partial charge in [0.1, 0.15) is 11.0 Å². The van der Waals surface area contributed by atoms with Crippen molar-refractivity contribution in [2.24, 2.45) is 4.99 Å². The van der Waals surface area contributed by atoms with Crippen molar-refractivity contribution in [2.45, 2.75) is 0 Å². The predicted molar refractivity (Wildman–Crippen MR) is 113 cm³/mol. The Bertz CT molecular complexity index is 1180. The zero-order chi connectivity index (χ0) is 24.3. The SMILES string of the molecule is O=C(O)c1cc(N=C2C=C(Cl)NN(Nc3cc(C(=O)O)cc(C(=O)O)c3)N2)cc(C(=O)O)c1. The third kappa shape index (κ3) is 5.75. The summed E-state index contributed by atoms with van der Waals surface area (Å²) >= 11 is 6.04. The Hall–Kier alpha value is -4.62. The number of hydrazine groups is 3. The molecule has 0 unspecified atom stereocenters. The van der Waals surface area contributed by atoms with Crippen molar-refractivity contribution in [2.75, 3.05) is 5.43 Å². The topological polar surface area (TPSA) is 201 Å². The third-order valence-electron chi connectivity index (χ3n) is 4.04. The molecular formula is C19H14ClN5O8. The molecule has 0 fully saturated rings. The number of benzene rings is 2. The van der Waals surface area contributed by atoms with Gasteiger partial charge in [-0.25, -0.2) is 24.2 Å². The monoisotopic (exact) mass is 475 g/mol. The number of hydrogen-bond acceptors (Lipinski definition) is 8. The summed E-state index contributed by atoms with van der Waals surface area (Å²) in [4.78, 5) is 49.3. The molecule has 0 radical (unpaired) electrons. The van der Waals surface area contributed by atoms with Gasteiger partial charge in [0.2, 0.25) is 0 Å². The Labute approximate surface area is 189 Å². The van der Waals surface area contributed by atoms with Gasteiger partial charge in [0, 0.05) is 6.08 Å². The molecule has 1 aliphatic heterocycles. The van der Waals surface area contributed by atoms with Crippen LogP contribution in [0.3, 0.4) is 0 Å². The highest BCUT2D eigenvalue weighted by molar-refractivity contribution is 6.31. The second kappa shape index (κ2) is 9.25. The fourth-order valence-electron chi connectivity index (χ4n) is 2.68. The molecule has 1 aliphatic rings. The standard InChI is InChI=1S/C19H14ClN5O8/c20-14-7-15(21-12-3-8(16(26)27)1-9(4-12)17(28)29)24-25(23-14)22-13-5-10(18(30)31)2-11(6-13)19(32)33/h1-7,22-23H,(H,21,24)(H,26,27)(H,28,29)(H,30,31)(H,32,33). The average Bonchev–Trinajstić information content (AvgIpc) is 2.72. The van der Waals surface area contributed by atoms with Crippen LogP contribution in [0.1, 0.15) is 41.4 Å². The van der Waals surface area contributed by atoms with Crippen LogP contribution in [-0.2, 0) is 0 Å². The van der Waals surface area contributed by atoms with Crippen molar-refractivity contribution >= 4 is 52.7 Å². The molecule has 0 bridgehead atoms. The summed E-state index contributed by atoms with van der Waals surface area (Å²) in [5.74, 6) is -5.33. The molecule has 3 rings (SSSR count). The molecule has 1 heterocycles. The summed E-state index contributed by atoms with van der Waals surface area (Å²) in [6, 6.07) is 6.63. The molecule has 33 heavy (non-hydrogen) atoms. The first kappa shape index (κ1) is 23.1. The minimum atomic E-state index is -1.35. The van der Waals surface area contributed by atoms with Crippen molar-refractivity contribution in [1.82, 2.24) is 16.1 Å². The Morgan fingerprint density at radius 3 is 1.67 bits per heavy atom. The van der Waals surface area contributed by atoms with E-state index in [1.54, 1.807) is 0 Å². The molecule has 170 valence electrons. The van der Waals surface area contributed by atoms with Crippen LogP contribution >= 0.6 is 11.6 Å². The van der Waals surface area contributed by atoms with E-state index in [2.05, 4.69) is 21.3 Å². The van der Waals surface area contributed by atoms with Crippen LogP contribution in [0, 0.1) is 0 Å². The van der Waals surface area contributed by atoms with E-state index in [-0.39, 0.29) is 44.6 Å².